The first kappa shape index (κ1) is 21.2. The highest BCUT2D eigenvalue weighted by Crippen LogP contribution is 2.55. The fraction of sp³-hybridized carbons (Fsp3) is 0. The molecule has 4 aromatic carbocycles. The number of ether oxygens (including phenoxy) is 1. The van der Waals surface area contributed by atoms with Crippen molar-refractivity contribution in [2.45, 2.75) is 0 Å². The zero-order chi connectivity index (χ0) is 24.8. The number of anilines is 3. The molecule has 0 bridgehead atoms. The van der Waals surface area contributed by atoms with E-state index in [1.807, 2.05) is 0 Å². The summed E-state index contributed by atoms with van der Waals surface area (Å²) in [6, 6.07) is 25.1. The lowest BCUT2D eigenvalue weighted by molar-refractivity contribution is 0.459. The number of nitrogens with zero attached hydrogens (tertiary/aromatic N) is 5. The molecule has 0 fully saturated rings. The minimum absolute atomic E-state index is 0.0135. The molecule has 36 heavy (non-hydrogen) atoms. The van der Waals surface area contributed by atoms with Gasteiger partial charge in [0.15, 0.2) is 11.5 Å². The maximum absolute atomic E-state index is 14.6. The van der Waals surface area contributed by atoms with Gasteiger partial charge < -0.3 is 9.64 Å². The van der Waals surface area contributed by atoms with Gasteiger partial charge in [-0.25, -0.2) is 14.8 Å². The van der Waals surface area contributed by atoms with Crippen LogP contribution >= 0.6 is 0 Å². The molecule has 2 heterocycles. The third kappa shape index (κ3) is 3.06. The molecule has 0 aliphatic carbocycles. The molecule has 1 aromatic heterocycles. The van der Waals surface area contributed by atoms with Crippen molar-refractivity contribution in [2.24, 2.45) is 0 Å². The smallest absolute Gasteiger partial charge is 0.269 e. The van der Waals surface area contributed by atoms with Crippen molar-refractivity contribution < 1.29 is 13.5 Å². The third-order valence-electron chi connectivity index (χ3n) is 5.93. The van der Waals surface area contributed by atoms with Crippen LogP contribution in [0.25, 0.3) is 27.0 Å². The number of nitriles is 1. The van der Waals surface area contributed by atoms with Crippen molar-refractivity contribution in [1.82, 2.24) is 9.97 Å². The Morgan fingerprint density at radius 3 is 1.94 bits per heavy atom. The molecule has 0 N–H and O–H groups in total. The molecule has 0 saturated carbocycles. The zero-order valence-electron chi connectivity index (χ0n) is 18.4. The Labute approximate surface area is 204 Å². The summed E-state index contributed by atoms with van der Waals surface area (Å²) in [5.41, 5.74) is 1.80. The second-order valence-corrected chi connectivity index (χ2v) is 7.91. The Morgan fingerprint density at radius 2 is 1.36 bits per heavy atom. The van der Waals surface area contributed by atoms with Crippen molar-refractivity contribution in [3.05, 3.63) is 108 Å². The summed E-state index contributed by atoms with van der Waals surface area (Å²) in [6.07, 6.45) is 0. The van der Waals surface area contributed by atoms with Crippen molar-refractivity contribution in [1.29, 1.82) is 5.26 Å². The summed E-state index contributed by atoms with van der Waals surface area (Å²) in [5.74, 6) is -1.82. The molecule has 0 amide bonds. The van der Waals surface area contributed by atoms with Crippen LogP contribution in [0, 0.1) is 29.8 Å². The average molecular weight is 473 g/mol. The molecule has 170 valence electrons. The maximum atomic E-state index is 14.6. The van der Waals surface area contributed by atoms with E-state index in [9.17, 15) is 14.0 Å². The molecule has 0 spiro atoms. The van der Waals surface area contributed by atoms with Gasteiger partial charge in [-0.15, -0.1) is 0 Å². The van der Waals surface area contributed by atoms with E-state index in [0.29, 0.717) is 28.4 Å². The van der Waals surface area contributed by atoms with Gasteiger partial charge in [0.05, 0.1) is 35.3 Å². The van der Waals surface area contributed by atoms with Crippen LogP contribution in [0.1, 0.15) is 5.56 Å². The van der Waals surface area contributed by atoms with Gasteiger partial charge in [-0.3, -0.25) is 0 Å². The van der Waals surface area contributed by atoms with Crippen LogP contribution in [0.15, 0.2) is 78.9 Å². The number of rotatable bonds is 2. The molecule has 0 unspecified atom stereocenters. The molecule has 6 rings (SSSR count). The number of para-hydroxylation sites is 4. The van der Waals surface area contributed by atoms with E-state index < -0.39 is 11.9 Å². The lowest BCUT2D eigenvalue weighted by Crippen LogP contribution is -2.17. The maximum Gasteiger partial charge on any atom is 0.269 e. The molecule has 0 saturated heterocycles. The normalized spacial score (nSPS) is 11.7. The predicted molar refractivity (Wildman–Crippen MR) is 131 cm³/mol. The molecule has 6 nitrogen and oxygen atoms in total. The van der Waals surface area contributed by atoms with Crippen molar-refractivity contribution >= 4 is 33.8 Å². The Bertz CT molecular complexity index is 1730. The summed E-state index contributed by atoms with van der Waals surface area (Å²) in [7, 11) is 0. The van der Waals surface area contributed by atoms with Gasteiger partial charge in [-0.05, 0) is 29.8 Å². The molecule has 1 aliphatic heterocycles. The van der Waals surface area contributed by atoms with Crippen molar-refractivity contribution in [2.75, 3.05) is 4.90 Å². The number of benzene rings is 4. The molecular weight excluding hydrogens is 460 g/mol. The van der Waals surface area contributed by atoms with E-state index in [4.69, 9.17) is 11.3 Å². The monoisotopic (exact) mass is 473 g/mol. The summed E-state index contributed by atoms with van der Waals surface area (Å²) in [5, 5.41) is 10.2. The first-order valence-electron chi connectivity index (χ1n) is 10.8. The lowest BCUT2D eigenvalue weighted by atomic mass is 9.94. The van der Waals surface area contributed by atoms with Crippen LogP contribution < -0.4 is 9.64 Å². The van der Waals surface area contributed by atoms with Crippen LogP contribution in [-0.2, 0) is 0 Å². The van der Waals surface area contributed by atoms with Crippen LogP contribution in [0.2, 0.25) is 0 Å². The van der Waals surface area contributed by atoms with Gasteiger partial charge >= 0.3 is 0 Å². The number of hydrogen-bond acceptors (Lipinski definition) is 5. The highest BCUT2D eigenvalue weighted by atomic mass is 19.2. The second-order valence-electron chi connectivity index (χ2n) is 7.91. The molecule has 8 heteroatoms. The number of halogens is 2. The van der Waals surface area contributed by atoms with Gasteiger partial charge in [-0.2, -0.15) is 14.0 Å². The number of fused-ring (bicyclic) bond motifs is 3. The first-order valence-corrected chi connectivity index (χ1v) is 10.8. The van der Waals surface area contributed by atoms with E-state index in [2.05, 4.69) is 20.9 Å². The Balaban J connectivity index is 1.83. The van der Waals surface area contributed by atoms with Crippen LogP contribution in [0.4, 0.5) is 31.5 Å². The Hall–Kier alpha value is -5.34. The van der Waals surface area contributed by atoms with Gasteiger partial charge in [0, 0.05) is 5.56 Å². The van der Waals surface area contributed by atoms with Gasteiger partial charge in [0.1, 0.15) is 11.0 Å². The quantitative estimate of drug-likeness (QED) is 0.243. The minimum Gasteiger partial charge on any atom is -0.453 e. The fourth-order valence-electron chi connectivity index (χ4n) is 4.46. The number of aromatic nitrogens is 2. The highest BCUT2D eigenvalue weighted by Gasteiger charge is 2.33. The van der Waals surface area contributed by atoms with Crippen molar-refractivity contribution in [3.63, 3.8) is 0 Å². The fourth-order valence-corrected chi connectivity index (χ4v) is 4.46. The number of hydrogen-bond donors (Lipinski definition) is 0. The Kier molecular flexibility index (Phi) is 4.80. The summed E-state index contributed by atoms with van der Waals surface area (Å²) >= 11 is 0. The minimum atomic E-state index is -1.40. The van der Waals surface area contributed by atoms with E-state index >= 15 is 0 Å². The summed E-state index contributed by atoms with van der Waals surface area (Å²) in [6.45, 7) is 8.05. The largest absolute Gasteiger partial charge is 0.453 e. The lowest BCUT2D eigenvalue weighted by Gasteiger charge is -2.34. The van der Waals surface area contributed by atoms with E-state index in [1.165, 1.54) is 0 Å². The van der Waals surface area contributed by atoms with E-state index in [-0.39, 0.29) is 33.5 Å². The Morgan fingerprint density at radius 1 is 0.806 bits per heavy atom. The molecule has 1 aliphatic rings. The van der Waals surface area contributed by atoms with E-state index in [1.54, 1.807) is 83.8 Å². The summed E-state index contributed by atoms with van der Waals surface area (Å²) < 4.78 is 35.1. The van der Waals surface area contributed by atoms with Crippen LogP contribution in [0.3, 0.4) is 0 Å². The first-order chi connectivity index (χ1) is 17.6. The van der Waals surface area contributed by atoms with Crippen LogP contribution in [0.5, 0.6) is 11.5 Å². The predicted octanol–water partition coefficient (Wildman–Crippen LogP) is 7.57. The van der Waals surface area contributed by atoms with Crippen molar-refractivity contribution in [3.8, 4) is 28.7 Å². The SMILES string of the molecule is [C-]#[N+]c1c(C#N)c(-c2ccccc2)c2nc(F)c(F)nc2c1N1c2ccccc2Oc2ccccc21. The molecule has 5 aromatic rings. The highest BCUT2D eigenvalue weighted by molar-refractivity contribution is 6.12. The van der Waals surface area contributed by atoms with Gasteiger partial charge in [0.25, 0.3) is 11.9 Å². The van der Waals surface area contributed by atoms with Gasteiger partial charge in [-0.1, -0.05) is 54.6 Å². The third-order valence-corrected chi connectivity index (χ3v) is 5.93. The standard InChI is InChI=1S/C28H13F2N5O/c1-32-23-17(15-31)22(16-9-3-2-4-10-16)24-25(34-28(30)27(29)33-24)26(23)35-18-11-5-7-13-20(18)36-21-14-8-6-12-19(21)35/h2-14H. The average Bonchev–Trinajstić information content (AvgIpc) is 2.92. The van der Waals surface area contributed by atoms with E-state index in [0.717, 1.165) is 0 Å². The molecular formula is C28H13F2N5O. The molecule has 0 radical (unpaired) electrons. The topological polar surface area (TPSA) is 66.4 Å². The van der Waals surface area contributed by atoms with Crippen LogP contribution in [-0.4, -0.2) is 9.97 Å². The van der Waals surface area contributed by atoms with Gasteiger partial charge in [0.2, 0.25) is 5.69 Å². The molecule has 0 atom stereocenters. The zero-order valence-corrected chi connectivity index (χ0v) is 18.4. The second kappa shape index (κ2) is 8.15. The summed E-state index contributed by atoms with van der Waals surface area (Å²) in [4.78, 5) is 13.2.